The van der Waals surface area contributed by atoms with Crippen LogP contribution in [-0.4, -0.2) is 41.4 Å². The first-order valence-electron chi connectivity index (χ1n) is 7.17. The smallest absolute Gasteiger partial charge is 0.314 e. The van der Waals surface area contributed by atoms with E-state index in [-0.39, 0.29) is 0 Å². The number of hydrogen-bond acceptors (Lipinski definition) is 5. The number of amides is 2. The number of nitrogens with zero attached hydrogens (tertiary/aromatic N) is 2. The summed E-state index contributed by atoms with van der Waals surface area (Å²) >= 11 is 0. The second-order valence-electron chi connectivity index (χ2n) is 5.27. The van der Waals surface area contributed by atoms with Gasteiger partial charge < -0.3 is 20.7 Å². The Kier molecular flexibility index (Phi) is 3.64. The average molecular weight is 290 g/mol. The van der Waals surface area contributed by atoms with E-state index in [0.717, 1.165) is 24.8 Å². The van der Waals surface area contributed by atoms with E-state index < -0.39 is 11.8 Å². The number of nitrogens with one attached hydrogen (secondary N) is 1. The lowest BCUT2D eigenvalue weighted by atomic mass is 10.1. The summed E-state index contributed by atoms with van der Waals surface area (Å²) in [4.78, 5) is 29.8. The van der Waals surface area contributed by atoms with Crippen LogP contribution in [0.15, 0.2) is 6.20 Å². The molecule has 2 aliphatic rings. The Morgan fingerprint density at radius 2 is 2.05 bits per heavy atom. The van der Waals surface area contributed by atoms with Gasteiger partial charge in [0, 0.05) is 25.1 Å². The van der Waals surface area contributed by atoms with Crippen molar-refractivity contribution < 1.29 is 14.3 Å². The number of piperidine rings is 1. The lowest BCUT2D eigenvalue weighted by Crippen LogP contribution is -2.42. The molecular weight excluding hydrogens is 272 g/mol. The van der Waals surface area contributed by atoms with Crippen molar-refractivity contribution in [2.75, 3.05) is 30.7 Å². The normalized spacial score (nSPS) is 17.0. The second kappa shape index (κ2) is 5.59. The van der Waals surface area contributed by atoms with Crippen LogP contribution in [0.4, 0.5) is 11.5 Å². The molecule has 2 aliphatic heterocycles. The number of nitrogens with two attached hydrogens (primary N) is 1. The van der Waals surface area contributed by atoms with E-state index in [1.165, 1.54) is 6.20 Å². The van der Waals surface area contributed by atoms with Gasteiger partial charge in [0.05, 0.1) is 12.8 Å². The van der Waals surface area contributed by atoms with E-state index in [1.807, 2.05) is 0 Å². The molecule has 21 heavy (non-hydrogen) atoms. The molecule has 0 bridgehead atoms. The first-order valence-corrected chi connectivity index (χ1v) is 7.17. The molecule has 0 aliphatic carbocycles. The number of carbonyl (C=O) groups excluding carboxylic acids is 2. The molecule has 0 radical (unpaired) electrons. The maximum absolute atomic E-state index is 12.1. The first-order chi connectivity index (χ1) is 10.2. The lowest BCUT2D eigenvalue weighted by Gasteiger charge is -2.26. The number of hydrogen-bond donors (Lipinski definition) is 2. The zero-order chi connectivity index (χ0) is 14.8. The number of fused-ring (bicyclic) bond motifs is 1. The zero-order valence-corrected chi connectivity index (χ0v) is 11.7. The summed E-state index contributed by atoms with van der Waals surface area (Å²) in [5.41, 5.74) is 6.97. The minimum Gasteiger partial charge on any atom is -0.491 e. The third-order valence-corrected chi connectivity index (χ3v) is 3.84. The summed E-state index contributed by atoms with van der Waals surface area (Å²) in [5, 5.41) is 2.59. The van der Waals surface area contributed by atoms with Crippen LogP contribution in [0.3, 0.4) is 0 Å². The molecule has 0 saturated carbocycles. The maximum Gasteiger partial charge on any atom is 0.314 e. The van der Waals surface area contributed by atoms with E-state index in [4.69, 9.17) is 10.5 Å². The molecule has 3 N–H and O–H groups in total. The molecular formula is C14H18N4O3. The van der Waals surface area contributed by atoms with Gasteiger partial charge in [-0.3, -0.25) is 9.59 Å². The van der Waals surface area contributed by atoms with Crippen molar-refractivity contribution in [3.05, 3.63) is 11.8 Å². The standard InChI is InChI=1S/C14H18N4O3/c15-12-9-4-7-21-11(9)10(8-16-12)17-13(19)14(20)18-5-2-1-3-6-18/h8H,1-7H2,(H2,15,16)(H,17,19). The number of nitrogen functional groups attached to an aromatic ring is 1. The summed E-state index contributed by atoms with van der Waals surface area (Å²) in [6, 6.07) is 0. The highest BCUT2D eigenvalue weighted by molar-refractivity contribution is 6.39. The average Bonchev–Trinajstić information content (AvgIpc) is 3.01. The van der Waals surface area contributed by atoms with Gasteiger partial charge in [0.1, 0.15) is 11.5 Å². The van der Waals surface area contributed by atoms with Crippen molar-refractivity contribution in [3.63, 3.8) is 0 Å². The number of anilines is 2. The van der Waals surface area contributed by atoms with Crippen LogP contribution in [0.1, 0.15) is 24.8 Å². The zero-order valence-electron chi connectivity index (χ0n) is 11.7. The third-order valence-electron chi connectivity index (χ3n) is 3.84. The number of pyridine rings is 1. The van der Waals surface area contributed by atoms with Crippen molar-refractivity contribution in [3.8, 4) is 5.75 Å². The Hall–Kier alpha value is -2.31. The van der Waals surface area contributed by atoms with Crippen LogP contribution in [-0.2, 0) is 16.0 Å². The largest absolute Gasteiger partial charge is 0.491 e. The monoisotopic (exact) mass is 290 g/mol. The number of rotatable bonds is 1. The molecule has 1 aromatic rings. The Balaban J connectivity index is 1.73. The molecule has 112 valence electrons. The summed E-state index contributed by atoms with van der Waals surface area (Å²) in [7, 11) is 0. The molecule has 1 fully saturated rings. The van der Waals surface area contributed by atoms with Gasteiger partial charge in [-0.05, 0) is 19.3 Å². The predicted molar refractivity (Wildman–Crippen MR) is 76.9 cm³/mol. The fourth-order valence-electron chi connectivity index (χ4n) is 2.72. The first kappa shape index (κ1) is 13.7. The SMILES string of the molecule is Nc1ncc(NC(=O)C(=O)N2CCCCC2)c2c1CCO2. The Bertz CT molecular complexity index is 582. The summed E-state index contributed by atoms with van der Waals surface area (Å²) in [5.74, 6) is -0.218. The van der Waals surface area contributed by atoms with Gasteiger partial charge in [-0.15, -0.1) is 0 Å². The van der Waals surface area contributed by atoms with E-state index >= 15 is 0 Å². The van der Waals surface area contributed by atoms with E-state index in [0.29, 0.717) is 43.4 Å². The van der Waals surface area contributed by atoms with Crippen LogP contribution in [0.5, 0.6) is 5.75 Å². The second-order valence-corrected chi connectivity index (χ2v) is 5.27. The Morgan fingerprint density at radius 1 is 1.29 bits per heavy atom. The van der Waals surface area contributed by atoms with Crippen LogP contribution in [0.2, 0.25) is 0 Å². The molecule has 7 nitrogen and oxygen atoms in total. The lowest BCUT2D eigenvalue weighted by molar-refractivity contribution is -0.143. The van der Waals surface area contributed by atoms with Crippen LogP contribution < -0.4 is 15.8 Å². The fraction of sp³-hybridized carbons (Fsp3) is 0.500. The van der Waals surface area contributed by atoms with Gasteiger partial charge in [0.15, 0.2) is 5.75 Å². The number of likely N-dealkylation sites (tertiary alicyclic amines) is 1. The number of ether oxygens (including phenoxy) is 1. The summed E-state index contributed by atoms with van der Waals surface area (Å²) < 4.78 is 5.48. The highest BCUT2D eigenvalue weighted by Crippen LogP contribution is 2.35. The molecule has 0 atom stereocenters. The van der Waals surface area contributed by atoms with E-state index in [1.54, 1.807) is 4.90 Å². The van der Waals surface area contributed by atoms with Gasteiger partial charge in [0.25, 0.3) is 0 Å². The van der Waals surface area contributed by atoms with Crippen molar-refractivity contribution in [1.82, 2.24) is 9.88 Å². The molecule has 0 unspecified atom stereocenters. The molecule has 3 rings (SSSR count). The van der Waals surface area contributed by atoms with Gasteiger partial charge in [-0.25, -0.2) is 4.98 Å². The Labute approximate surface area is 122 Å². The molecule has 3 heterocycles. The van der Waals surface area contributed by atoms with Crippen LogP contribution >= 0.6 is 0 Å². The highest BCUT2D eigenvalue weighted by atomic mass is 16.5. The predicted octanol–water partition coefficient (Wildman–Crippen LogP) is 0.550. The van der Waals surface area contributed by atoms with Gasteiger partial charge in [-0.1, -0.05) is 0 Å². The van der Waals surface area contributed by atoms with Crippen molar-refractivity contribution in [2.45, 2.75) is 25.7 Å². The maximum atomic E-state index is 12.1. The Morgan fingerprint density at radius 3 is 2.81 bits per heavy atom. The topological polar surface area (TPSA) is 97.5 Å². The summed E-state index contributed by atoms with van der Waals surface area (Å²) in [6.07, 6.45) is 5.09. The summed E-state index contributed by atoms with van der Waals surface area (Å²) in [6.45, 7) is 1.79. The number of aromatic nitrogens is 1. The van der Waals surface area contributed by atoms with Crippen molar-refractivity contribution in [1.29, 1.82) is 0 Å². The molecule has 0 spiro atoms. The molecule has 1 aromatic heterocycles. The van der Waals surface area contributed by atoms with Crippen LogP contribution in [0, 0.1) is 0 Å². The molecule has 7 heteroatoms. The van der Waals surface area contributed by atoms with Crippen molar-refractivity contribution in [2.24, 2.45) is 0 Å². The van der Waals surface area contributed by atoms with E-state index in [2.05, 4.69) is 10.3 Å². The van der Waals surface area contributed by atoms with Crippen LogP contribution in [0.25, 0.3) is 0 Å². The molecule has 1 saturated heterocycles. The van der Waals surface area contributed by atoms with E-state index in [9.17, 15) is 9.59 Å². The minimum absolute atomic E-state index is 0.405. The fourth-order valence-corrected chi connectivity index (χ4v) is 2.72. The van der Waals surface area contributed by atoms with Gasteiger partial charge in [0.2, 0.25) is 0 Å². The minimum atomic E-state index is -0.652. The van der Waals surface area contributed by atoms with Gasteiger partial charge >= 0.3 is 11.8 Å². The molecule has 0 aromatic carbocycles. The quantitative estimate of drug-likeness (QED) is 0.736. The molecule has 2 amide bonds. The third kappa shape index (κ3) is 2.63. The van der Waals surface area contributed by atoms with Crippen molar-refractivity contribution >= 4 is 23.3 Å². The highest BCUT2D eigenvalue weighted by Gasteiger charge is 2.26. The number of carbonyl (C=O) groups is 2. The van der Waals surface area contributed by atoms with Gasteiger partial charge in [-0.2, -0.15) is 0 Å².